The Hall–Kier alpha value is -0.820. The first-order chi connectivity index (χ1) is 9.31. The molecule has 0 aromatic heterocycles. The number of anilines is 1. The van der Waals surface area contributed by atoms with Crippen molar-refractivity contribution in [1.82, 2.24) is 0 Å². The molecular weight excluding hydrogens is 435 g/mol. The summed E-state index contributed by atoms with van der Waals surface area (Å²) in [5, 5.41) is 11.3. The SMILES string of the molecule is Nc1cc(Cl)ccc1Br.O=[N+]([O-])c1cc(Cl)ccc1Br. The number of hydrogen-bond acceptors (Lipinski definition) is 3. The molecule has 0 aliphatic rings. The molecule has 0 unspecified atom stereocenters. The van der Waals surface area contributed by atoms with E-state index in [-0.39, 0.29) is 5.69 Å². The lowest BCUT2D eigenvalue weighted by Crippen LogP contribution is -1.88. The van der Waals surface area contributed by atoms with Gasteiger partial charge in [0, 0.05) is 26.3 Å². The molecular formula is C12H8Br2Cl2N2O2. The number of nitro groups is 1. The van der Waals surface area contributed by atoms with Gasteiger partial charge in [-0.1, -0.05) is 23.2 Å². The summed E-state index contributed by atoms with van der Waals surface area (Å²) < 4.78 is 1.32. The zero-order valence-corrected chi connectivity index (χ0v) is 14.5. The molecule has 0 saturated heterocycles. The van der Waals surface area contributed by atoms with Crippen molar-refractivity contribution in [1.29, 1.82) is 0 Å². The van der Waals surface area contributed by atoms with Gasteiger partial charge in [0.2, 0.25) is 0 Å². The van der Waals surface area contributed by atoms with Crippen LogP contribution in [0.1, 0.15) is 0 Å². The van der Waals surface area contributed by atoms with E-state index in [2.05, 4.69) is 31.9 Å². The van der Waals surface area contributed by atoms with Crippen molar-refractivity contribution < 1.29 is 4.92 Å². The minimum atomic E-state index is -0.490. The van der Waals surface area contributed by atoms with Gasteiger partial charge in [-0.2, -0.15) is 0 Å². The van der Waals surface area contributed by atoms with Crippen LogP contribution in [-0.4, -0.2) is 4.92 Å². The second kappa shape index (κ2) is 7.83. The molecule has 4 nitrogen and oxygen atoms in total. The van der Waals surface area contributed by atoms with E-state index in [0.717, 1.165) is 4.47 Å². The molecule has 0 atom stereocenters. The first-order valence-electron chi connectivity index (χ1n) is 5.11. The second-order valence-corrected chi connectivity index (χ2v) is 6.10. The molecule has 0 saturated carbocycles. The fraction of sp³-hybridized carbons (Fsp3) is 0. The molecule has 0 heterocycles. The van der Waals surface area contributed by atoms with Crippen LogP contribution in [0.2, 0.25) is 10.0 Å². The predicted octanol–water partition coefficient (Wildman–Crippen LogP) is 5.70. The van der Waals surface area contributed by atoms with Crippen molar-refractivity contribution in [2.45, 2.75) is 0 Å². The van der Waals surface area contributed by atoms with Crippen LogP contribution in [0.15, 0.2) is 45.3 Å². The van der Waals surface area contributed by atoms with E-state index in [4.69, 9.17) is 28.9 Å². The smallest absolute Gasteiger partial charge is 0.284 e. The van der Waals surface area contributed by atoms with Crippen LogP contribution in [0, 0.1) is 10.1 Å². The highest BCUT2D eigenvalue weighted by Gasteiger charge is 2.10. The zero-order chi connectivity index (χ0) is 15.3. The number of benzene rings is 2. The minimum Gasteiger partial charge on any atom is -0.398 e. The summed E-state index contributed by atoms with van der Waals surface area (Å²) in [7, 11) is 0. The Morgan fingerprint density at radius 1 is 1.00 bits per heavy atom. The highest BCUT2D eigenvalue weighted by atomic mass is 79.9. The van der Waals surface area contributed by atoms with E-state index in [1.807, 2.05) is 6.07 Å². The topological polar surface area (TPSA) is 69.2 Å². The van der Waals surface area contributed by atoms with E-state index >= 15 is 0 Å². The average molecular weight is 443 g/mol. The van der Waals surface area contributed by atoms with Crippen LogP contribution < -0.4 is 5.73 Å². The van der Waals surface area contributed by atoms with Crippen LogP contribution in [0.5, 0.6) is 0 Å². The number of halogens is 4. The maximum atomic E-state index is 10.3. The van der Waals surface area contributed by atoms with Gasteiger partial charge in [-0.25, -0.2) is 0 Å². The number of nitro benzene ring substituents is 1. The summed E-state index contributed by atoms with van der Waals surface area (Å²) in [6.07, 6.45) is 0. The molecule has 0 fully saturated rings. The summed E-state index contributed by atoms with van der Waals surface area (Å²) in [6.45, 7) is 0. The molecule has 8 heteroatoms. The summed E-state index contributed by atoms with van der Waals surface area (Å²) in [5.74, 6) is 0. The normalized spacial score (nSPS) is 9.60. The molecule has 2 rings (SSSR count). The summed E-state index contributed by atoms with van der Waals surface area (Å²) in [4.78, 5) is 9.80. The highest BCUT2D eigenvalue weighted by Crippen LogP contribution is 2.27. The van der Waals surface area contributed by atoms with Crippen molar-refractivity contribution in [3.8, 4) is 0 Å². The van der Waals surface area contributed by atoms with E-state index in [0.29, 0.717) is 20.2 Å². The standard InChI is InChI=1S/C6H3BrClNO2.C6H5BrClN/c7-5-2-1-4(8)3-6(5)9(10)11;7-5-2-1-4(8)3-6(5)9/h1-3H;1-3H,9H2. The lowest BCUT2D eigenvalue weighted by atomic mass is 10.3. The highest BCUT2D eigenvalue weighted by molar-refractivity contribution is 9.11. The molecule has 0 spiro atoms. The maximum absolute atomic E-state index is 10.3. The predicted molar refractivity (Wildman–Crippen MR) is 89.4 cm³/mol. The lowest BCUT2D eigenvalue weighted by molar-refractivity contribution is -0.385. The number of rotatable bonds is 1. The molecule has 0 bridgehead atoms. The third-order valence-corrected chi connectivity index (χ3v) is 3.93. The van der Waals surface area contributed by atoms with Crippen LogP contribution in [0.3, 0.4) is 0 Å². The molecule has 0 radical (unpaired) electrons. The Morgan fingerprint density at radius 2 is 1.50 bits per heavy atom. The van der Waals surface area contributed by atoms with E-state index in [1.54, 1.807) is 24.3 Å². The molecule has 0 aliphatic heterocycles. The van der Waals surface area contributed by atoms with E-state index in [9.17, 15) is 10.1 Å². The van der Waals surface area contributed by atoms with Crippen LogP contribution in [0.25, 0.3) is 0 Å². The second-order valence-electron chi connectivity index (χ2n) is 3.52. The van der Waals surface area contributed by atoms with Gasteiger partial charge < -0.3 is 5.73 Å². The Bertz CT molecular complexity index is 639. The van der Waals surface area contributed by atoms with Gasteiger partial charge in [-0.3, -0.25) is 10.1 Å². The van der Waals surface area contributed by atoms with Crippen LogP contribution in [0.4, 0.5) is 11.4 Å². The third kappa shape index (κ3) is 5.28. The van der Waals surface area contributed by atoms with Crippen molar-refractivity contribution >= 4 is 66.4 Å². The number of nitrogens with zero attached hydrogens (tertiary/aromatic N) is 1. The van der Waals surface area contributed by atoms with Crippen LogP contribution in [-0.2, 0) is 0 Å². The monoisotopic (exact) mass is 440 g/mol. The molecule has 106 valence electrons. The van der Waals surface area contributed by atoms with Crippen molar-refractivity contribution in [2.24, 2.45) is 0 Å². The van der Waals surface area contributed by atoms with E-state index < -0.39 is 4.92 Å². The summed E-state index contributed by atoms with van der Waals surface area (Å²) in [5.41, 5.74) is 6.14. The molecule has 2 aromatic rings. The molecule has 0 amide bonds. The first kappa shape index (κ1) is 17.2. The van der Waals surface area contributed by atoms with Gasteiger partial charge >= 0.3 is 0 Å². The minimum absolute atomic E-state index is 0.0162. The Morgan fingerprint density at radius 3 is 1.90 bits per heavy atom. The quantitative estimate of drug-likeness (QED) is 0.350. The Balaban J connectivity index is 0.000000204. The van der Waals surface area contributed by atoms with Gasteiger partial charge in [0.1, 0.15) is 0 Å². The maximum Gasteiger partial charge on any atom is 0.284 e. The fourth-order valence-electron chi connectivity index (χ4n) is 1.14. The third-order valence-electron chi connectivity index (χ3n) is 2.06. The Kier molecular flexibility index (Phi) is 6.75. The van der Waals surface area contributed by atoms with Gasteiger partial charge in [0.15, 0.2) is 0 Å². The van der Waals surface area contributed by atoms with Gasteiger partial charge in [0.05, 0.1) is 9.40 Å². The zero-order valence-electron chi connectivity index (χ0n) is 9.82. The van der Waals surface area contributed by atoms with Crippen molar-refractivity contribution in [3.05, 3.63) is 65.5 Å². The summed E-state index contributed by atoms with van der Waals surface area (Å²) >= 11 is 17.4. The fourth-order valence-corrected chi connectivity index (χ4v) is 2.13. The molecule has 0 aliphatic carbocycles. The molecule has 2 aromatic carbocycles. The van der Waals surface area contributed by atoms with Gasteiger partial charge in [-0.15, -0.1) is 0 Å². The Labute approximate surface area is 142 Å². The molecule has 2 N–H and O–H groups in total. The average Bonchev–Trinajstić information content (AvgIpc) is 2.38. The largest absolute Gasteiger partial charge is 0.398 e. The van der Waals surface area contributed by atoms with Gasteiger partial charge in [-0.05, 0) is 62.2 Å². The number of hydrogen-bond donors (Lipinski definition) is 1. The van der Waals surface area contributed by atoms with Crippen molar-refractivity contribution in [2.75, 3.05) is 5.73 Å². The summed E-state index contributed by atoms with van der Waals surface area (Å²) in [6, 6.07) is 9.72. The molecule has 20 heavy (non-hydrogen) atoms. The van der Waals surface area contributed by atoms with Gasteiger partial charge in [0.25, 0.3) is 5.69 Å². The van der Waals surface area contributed by atoms with Crippen molar-refractivity contribution in [3.63, 3.8) is 0 Å². The lowest BCUT2D eigenvalue weighted by Gasteiger charge is -1.95. The number of nitrogen functional groups attached to an aromatic ring is 1. The van der Waals surface area contributed by atoms with E-state index in [1.165, 1.54) is 6.07 Å². The first-order valence-corrected chi connectivity index (χ1v) is 7.45. The van der Waals surface area contributed by atoms with Crippen LogP contribution >= 0.6 is 55.1 Å². The number of nitrogens with two attached hydrogens (primary N) is 1.